The van der Waals surface area contributed by atoms with Crippen molar-refractivity contribution >= 4 is 17.3 Å². The van der Waals surface area contributed by atoms with Gasteiger partial charge in [-0.25, -0.2) is 4.79 Å². The van der Waals surface area contributed by atoms with Crippen LogP contribution in [0.1, 0.15) is 46.8 Å². The van der Waals surface area contributed by atoms with E-state index in [1.807, 2.05) is 38.1 Å². The monoisotopic (exact) mass is 283 g/mol. The number of nitrogens with one attached hydrogen (secondary N) is 1. The van der Waals surface area contributed by atoms with Crippen LogP contribution < -0.4 is 5.32 Å². The Morgan fingerprint density at radius 2 is 1.86 bits per heavy atom. The Morgan fingerprint density at radius 3 is 2.48 bits per heavy atom. The molecule has 0 atom stereocenters. The minimum atomic E-state index is -0.919. The largest absolute Gasteiger partial charge is 0.478 e. The molecule has 0 unspecified atom stereocenters. The number of rotatable bonds is 4. The molecule has 2 rings (SSSR count). The van der Waals surface area contributed by atoms with Crippen molar-refractivity contribution in [2.75, 3.05) is 5.32 Å². The highest BCUT2D eigenvalue weighted by molar-refractivity contribution is 5.95. The molecular formula is C18H21NO2. The van der Waals surface area contributed by atoms with E-state index in [9.17, 15) is 9.90 Å². The van der Waals surface area contributed by atoms with Crippen molar-refractivity contribution < 1.29 is 9.90 Å². The van der Waals surface area contributed by atoms with Crippen LogP contribution in [0.15, 0.2) is 36.4 Å². The lowest BCUT2D eigenvalue weighted by atomic mass is 9.97. The molecule has 0 fully saturated rings. The maximum atomic E-state index is 11.4. The summed E-state index contributed by atoms with van der Waals surface area (Å²) < 4.78 is 0. The van der Waals surface area contributed by atoms with Gasteiger partial charge in [-0.05, 0) is 48.6 Å². The lowest BCUT2D eigenvalue weighted by molar-refractivity contribution is 0.0698. The zero-order valence-electron chi connectivity index (χ0n) is 12.9. The van der Waals surface area contributed by atoms with Gasteiger partial charge >= 0.3 is 5.97 Å². The van der Waals surface area contributed by atoms with Crippen molar-refractivity contribution in [1.29, 1.82) is 0 Å². The van der Waals surface area contributed by atoms with Crippen molar-refractivity contribution in [2.45, 2.75) is 33.6 Å². The first-order valence-electron chi connectivity index (χ1n) is 7.10. The molecule has 0 aliphatic carbocycles. The molecule has 0 aromatic heterocycles. The van der Waals surface area contributed by atoms with E-state index in [1.165, 1.54) is 5.56 Å². The summed E-state index contributed by atoms with van der Waals surface area (Å²) in [5.74, 6) is -0.553. The van der Waals surface area contributed by atoms with Crippen LogP contribution in [0.5, 0.6) is 0 Å². The van der Waals surface area contributed by atoms with E-state index in [2.05, 4.69) is 25.2 Å². The van der Waals surface area contributed by atoms with Gasteiger partial charge in [0.2, 0.25) is 0 Å². The van der Waals surface area contributed by atoms with Gasteiger partial charge in [-0.15, -0.1) is 0 Å². The second-order valence-electron chi connectivity index (χ2n) is 5.67. The molecule has 2 aromatic carbocycles. The lowest BCUT2D eigenvalue weighted by Crippen LogP contribution is -2.06. The highest BCUT2D eigenvalue weighted by Crippen LogP contribution is 2.31. The second-order valence-corrected chi connectivity index (χ2v) is 5.67. The molecule has 0 heterocycles. The number of para-hydroxylation sites is 1. The molecule has 0 aliphatic rings. The molecule has 0 radical (unpaired) electrons. The van der Waals surface area contributed by atoms with Crippen LogP contribution in [0.4, 0.5) is 11.4 Å². The maximum absolute atomic E-state index is 11.4. The molecule has 0 bridgehead atoms. The van der Waals surface area contributed by atoms with Gasteiger partial charge in [0.1, 0.15) is 0 Å². The summed E-state index contributed by atoms with van der Waals surface area (Å²) in [5.41, 5.74) is 5.26. The van der Waals surface area contributed by atoms with Crippen LogP contribution in [0, 0.1) is 13.8 Å². The molecular weight excluding hydrogens is 262 g/mol. The van der Waals surface area contributed by atoms with Crippen LogP contribution in [-0.4, -0.2) is 11.1 Å². The van der Waals surface area contributed by atoms with Crippen LogP contribution in [0.3, 0.4) is 0 Å². The molecule has 0 saturated heterocycles. The van der Waals surface area contributed by atoms with E-state index in [0.29, 0.717) is 17.2 Å². The van der Waals surface area contributed by atoms with Crippen LogP contribution in [-0.2, 0) is 0 Å². The van der Waals surface area contributed by atoms with Crippen LogP contribution in [0.25, 0.3) is 0 Å². The minimum Gasteiger partial charge on any atom is -0.478 e. The van der Waals surface area contributed by atoms with Crippen molar-refractivity contribution in [3.63, 3.8) is 0 Å². The number of carboxylic acid groups (broad SMARTS) is 1. The molecule has 0 saturated carbocycles. The molecule has 3 nitrogen and oxygen atoms in total. The van der Waals surface area contributed by atoms with Crippen molar-refractivity contribution in [1.82, 2.24) is 0 Å². The Morgan fingerprint density at radius 1 is 1.14 bits per heavy atom. The van der Waals surface area contributed by atoms with Gasteiger partial charge in [0.25, 0.3) is 0 Å². The predicted octanol–water partition coefficient (Wildman–Crippen LogP) is 4.87. The number of carboxylic acids is 1. The number of aromatic carboxylic acids is 1. The van der Waals surface area contributed by atoms with E-state index in [4.69, 9.17) is 0 Å². The Balaban J connectivity index is 2.53. The SMILES string of the molecule is Cc1ccc(C(=O)O)c(Nc2c(C)cccc2C(C)C)c1. The number of anilines is 2. The summed E-state index contributed by atoms with van der Waals surface area (Å²) >= 11 is 0. The van der Waals surface area contributed by atoms with E-state index in [1.54, 1.807) is 6.07 Å². The second kappa shape index (κ2) is 6.00. The minimum absolute atomic E-state index is 0.290. The molecule has 0 aliphatic heterocycles. The summed E-state index contributed by atoms with van der Waals surface area (Å²) in [7, 11) is 0. The summed E-state index contributed by atoms with van der Waals surface area (Å²) in [6.07, 6.45) is 0. The third kappa shape index (κ3) is 3.24. The predicted molar refractivity (Wildman–Crippen MR) is 86.7 cm³/mol. The van der Waals surface area contributed by atoms with E-state index in [-0.39, 0.29) is 0 Å². The molecule has 0 amide bonds. The van der Waals surface area contributed by atoms with Crippen molar-refractivity contribution in [3.05, 3.63) is 58.7 Å². The quantitative estimate of drug-likeness (QED) is 0.841. The first kappa shape index (κ1) is 15.1. The molecule has 110 valence electrons. The normalized spacial score (nSPS) is 10.7. The van der Waals surface area contributed by atoms with Gasteiger partial charge in [-0.1, -0.05) is 38.1 Å². The smallest absolute Gasteiger partial charge is 0.337 e. The highest BCUT2D eigenvalue weighted by Gasteiger charge is 2.14. The molecule has 3 heteroatoms. The fourth-order valence-corrected chi connectivity index (χ4v) is 2.43. The number of hydrogen-bond donors (Lipinski definition) is 2. The topological polar surface area (TPSA) is 49.3 Å². The van der Waals surface area contributed by atoms with E-state index in [0.717, 1.165) is 16.8 Å². The number of carbonyl (C=O) groups is 1. The Labute approximate surface area is 125 Å². The van der Waals surface area contributed by atoms with E-state index >= 15 is 0 Å². The lowest BCUT2D eigenvalue weighted by Gasteiger charge is -2.18. The number of benzene rings is 2. The first-order chi connectivity index (χ1) is 9.90. The summed E-state index contributed by atoms with van der Waals surface area (Å²) in [4.78, 5) is 11.4. The number of hydrogen-bond acceptors (Lipinski definition) is 2. The standard InChI is InChI=1S/C18H21NO2/c1-11(2)14-7-5-6-13(4)17(14)19-16-10-12(3)8-9-15(16)18(20)21/h5-11,19H,1-4H3,(H,20,21). The fraction of sp³-hybridized carbons (Fsp3) is 0.278. The van der Waals surface area contributed by atoms with Gasteiger partial charge in [0, 0.05) is 5.69 Å². The average molecular weight is 283 g/mol. The zero-order valence-corrected chi connectivity index (χ0v) is 12.9. The third-order valence-corrected chi connectivity index (χ3v) is 3.59. The Kier molecular flexibility index (Phi) is 4.32. The number of aryl methyl sites for hydroxylation is 2. The maximum Gasteiger partial charge on any atom is 0.337 e. The zero-order chi connectivity index (χ0) is 15.6. The molecule has 21 heavy (non-hydrogen) atoms. The van der Waals surface area contributed by atoms with Gasteiger partial charge in [0.15, 0.2) is 0 Å². The van der Waals surface area contributed by atoms with Crippen molar-refractivity contribution in [3.8, 4) is 0 Å². The van der Waals surface area contributed by atoms with Gasteiger partial charge in [-0.2, -0.15) is 0 Å². The Bertz CT molecular complexity index is 675. The van der Waals surface area contributed by atoms with Gasteiger partial charge in [0.05, 0.1) is 11.3 Å². The van der Waals surface area contributed by atoms with Crippen LogP contribution in [0.2, 0.25) is 0 Å². The summed E-state index contributed by atoms with van der Waals surface area (Å²) in [5, 5.41) is 12.7. The molecule has 0 spiro atoms. The summed E-state index contributed by atoms with van der Waals surface area (Å²) in [6.45, 7) is 8.26. The Hall–Kier alpha value is -2.29. The molecule has 2 aromatic rings. The van der Waals surface area contributed by atoms with Crippen LogP contribution >= 0.6 is 0 Å². The van der Waals surface area contributed by atoms with E-state index < -0.39 is 5.97 Å². The van der Waals surface area contributed by atoms with Gasteiger partial charge < -0.3 is 10.4 Å². The third-order valence-electron chi connectivity index (χ3n) is 3.59. The van der Waals surface area contributed by atoms with Crippen molar-refractivity contribution in [2.24, 2.45) is 0 Å². The first-order valence-corrected chi connectivity index (χ1v) is 7.10. The van der Waals surface area contributed by atoms with Gasteiger partial charge in [-0.3, -0.25) is 0 Å². The highest BCUT2D eigenvalue weighted by atomic mass is 16.4. The fourth-order valence-electron chi connectivity index (χ4n) is 2.43. The summed E-state index contributed by atoms with van der Waals surface area (Å²) in [6, 6.07) is 11.5. The average Bonchev–Trinajstić information content (AvgIpc) is 2.40. The molecule has 2 N–H and O–H groups in total.